The molecule has 2 heteroatoms. The van der Waals surface area contributed by atoms with Crippen LogP contribution in [0, 0.1) is 0 Å². The van der Waals surface area contributed by atoms with Crippen LogP contribution in [0.15, 0.2) is 0 Å². The van der Waals surface area contributed by atoms with E-state index in [2.05, 4.69) is 6.92 Å². The Morgan fingerprint density at radius 2 is 2.50 bits per heavy atom. The molecule has 1 atom stereocenters. The van der Waals surface area contributed by atoms with Crippen LogP contribution < -0.4 is 0 Å². The van der Waals surface area contributed by atoms with Crippen LogP contribution in [0.2, 0.25) is 0 Å². The molecule has 0 aliphatic carbocycles. The average Bonchev–Trinajstić information content (AvgIpc) is 1.88. The maximum atomic E-state index is 10.9. The fourth-order valence-corrected chi connectivity index (χ4v) is 1.26. The lowest BCUT2D eigenvalue weighted by Gasteiger charge is -2.20. The summed E-state index contributed by atoms with van der Waals surface area (Å²) < 4.78 is 5.37. The zero-order valence-electron chi connectivity index (χ0n) is 6.43. The van der Waals surface area contributed by atoms with Gasteiger partial charge in [-0.2, -0.15) is 0 Å². The molecule has 0 aromatic rings. The summed E-state index contributed by atoms with van der Waals surface area (Å²) in [6, 6.07) is 0. The Morgan fingerprint density at radius 3 is 3.10 bits per heavy atom. The van der Waals surface area contributed by atoms with E-state index in [1.165, 1.54) is 0 Å². The van der Waals surface area contributed by atoms with E-state index in [0.717, 1.165) is 12.8 Å². The third kappa shape index (κ3) is 2.10. The van der Waals surface area contributed by atoms with Crippen LogP contribution in [0.1, 0.15) is 32.6 Å². The summed E-state index contributed by atoms with van der Waals surface area (Å²) in [5.41, 5.74) is 0. The first-order valence-electron chi connectivity index (χ1n) is 3.96. The van der Waals surface area contributed by atoms with E-state index < -0.39 is 0 Å². The largest absolute Gasteiger partial charge is 0.377 e. The predicted octanol–water partition coefficient (Wildman–Crippen LogP) is 1.53. The maximum Gasteiger partial charge on any atom is 0.137 e. The molecule has 58 valence electrons. The molecule has 1 heterocycles. The van der Waals surface area contributed by atoms with Crippen LogP contribution in [0.5, 0.6) is 0 Å². The maximum absolute atomic E-state index is 10.9. The van der Waals surface area contributed by atoms with Crippen molar-refractivity contribution in [2.24, 2.45) is 0 Å². The normalized spacial score (nSPS) is 26.9. The number of ketones is 1. The Kier molecular flexibility index (Phi) is 2.87. The highest BCUT2D eigenvalue weighted by molar-refractivity contribution is 5.79. The second kappa shape index (κ2) is 3.71. The summed E-state index contributed by atoms with van der Waals surface area (Å²) in [6.07, 6.45) is 3.64. The molecule has 1 rings (SSSR count). The lowest BCUT2D eigenvalue weighted by atomic mass is 10.0. The first-order valence-corrected chi connectivity index (χ1v) is 3.96. The SMILES string of the molecule is CCCC1CC(=O)CCO1. The standard InChI is InChI=1S/C8H14O2/c1-2-3-8-6-7(9)4-5-10-8/h8H,2-6H2,1H3. The summed E-state index contributed by atoms with van der Waals surface area (Å²) in [7, 11) is 0. The van der Waals surface area contributed by atoms with E-state index >= 15 is 0 Å². The first-order chi connectivity index (χ1) is 4.83. The molecule has 2 nitrogen and oxygen atoms in total. The van der Waals surface area contributed by atoms with E-state index in [4.69, 9.17) is 4.74 Å². The van der Waals surface area contributed by atoms with Gasteiger partial charge in [0.25, 0.3) is 0 Å². The molecular weight excluding hydrogens is 128 g/mol. The Hall–Kier alpha value is -0.370. The topological polar surface area (TPSA) is 26.3 Å². The monoisotopic (exact) mass is 142 g/mol. The molecule has 1 aliphatic rings. The van der Waals surface area contributed by atoms with Gasteiger partial charge >= 0.3 is 0 Å². The fourth-order valence-electron chi connectivity index (χ4n) is 1.26. The number of carbonyl (C=O) groups excluding carboxylic acids is 1. The number of ether oxygens (including phenoxy) is 1. The van der Waals surface area contributed by atoms with Gasteiger partial charge in [-0.3, -0.25) is 4.79 Å². The number of hydrogen-bond donors (Lipinski definition) is 0. The van der Waals surface area contributed by atoms with Crippen molar-refractivity contribution in [3.8, 4) is 0 Å². The zero-order chi connectivity index (χ0) is 7.40. The van der Waals surface area contributed by atoms with E-state index in [1.807, 2.05) is 0 Å². The van der Waals surface area contributed by atoms with E-state index in [0.29, 0.717) is 25.2 Å². The second-order valence-electron chi connectivity index (χ2n) is 2.77. The molecule has 0 bridgehead atoms. The van der Waals surface area contributed by atoms with E-state index in [1.54, 1.807) is 0 Å². The van der Waals surface area contributed by atoms with Crippen LogP contribution in [0.4, 0.5) is 0 Å². The zero-order valence-corrected chi connectivity index (χ0v) is 6.43. The summed E-state index contributed by atoms with van der Waals surface area (Å²) in [4.78, 5) is 10.9. The summed E-state index contributed by atoms with van der Waals surface area (Å²) in [5.74, 6) is 0.365. The quantitative estimate of drug-likeness (QED) is 0.584. The minimum Gasteiger partial charge on any atom is -0.377 e. The van der Waals surface area contributed by atoms with Gasteiger partial charge in [0.2, 0.25) is 0 Å². The highest BCUT2D eigenvalue weighted by Gasteiger charge is 2.18. The van der Waals surface area contributed by atoms with Gasteiger partial charge in [0.05, 0.1) is 12.7 Å². The molecule has 0 aromatic heterocycles. The summed E-state index contributed by atoms with van der Waals surface area (Å²) >= 11 is 0. The van der Waals surface area contributed by atoms with Crippen LogP contribution in [0.25, 0.3) is 0 Å². The Bertz CT molecular complexity index is 118. The number of carbonyl (C=O) groups is 1. The van der Waals surface area contributed by atoms with Gasteiger partial charge < -0.3 is 4.74 Å². The minimum atomic E-state index is 0.228. The molecule has 1 fully saturated rings. The second-order valence-corrected chi connectivity index (χ2v) is 2.77. The molecule has 0 N–H and O–H groups in total. The molecule has 0 radical (unpaired) electrons. The number of rotatable bonds is 2. The molecule has 0 saturated carbocycles. The van der Waals surface area contributed by atoms with Crippen molar-refractivity contribution < 1.29 is 9.53 Å². The molecule has 0 amide bonds. The average molecular weight is 142 g/mol. The lowest BCUT2D eigenvalue weighted by Crippen LogP contribution is -2.25. The molecule has 1 aliphatic heterocycles. The summed E-state index contributed by atoms with van der Waals surface area (Å²) in [6.45, 7) is 2.76. The van der Waals surface area contributed by atoms with Crippen molar-refractivity contribution in [2.45, 2.75) is 38.7 Å². The van der Waals surface area contributed by atoms with Crippen molar-refractivity contribution in [1.29, 1.82) is 0 Å². The third-order valence-electron chi connectivity index (χ3n) is 1.80. The first kappa shape index (κ1) is 7.73. The van der Waals surface area contributed by atoms with Crippen molar-refractivity contribution >= 4 is 5.78 Å². The summed E-state index contributed by atoms with van der Waals surface area (Å²) in [5, 5.41) is 0. The molecule has 1 saturated heterocycles. The third-order valence-corrected chi connectivity index (χ3v) is 1.80. The molecule has 0 aromatic carbocycles. The van der Waals surface area contributed by atoms with Gasteiger partial charge in [0.15, 0.2) is 0 Å². The van der Waals surface area contributed by atoms with Gasteiger partial charge in [0, 0.05) is 12.8 Å². The Balaban J connectivity index is 2.25. The van der Waals surface area contributed by atoms with Gasteiger partial charge in [0.1, 0.15) is 5.78 Å². The molecular formula is C8H14O2. The Labute approximate surface area is 61.6 Å². The van der Waals surface area contributed by atoms with Gasteiger partial charge in [-0.25, -0.2) is 0 Å². The van der Waals surface area contributed by atoms with Gasteiger partial charge in [-0.15, -0.1) is 0 Å². The Morgan fingerprint density at radius 1 is 1.70 bits per heavy atom. The van der Waals surface area contributed by atoms with Crippen LogP contribution in [0.3, 0.4) is 0 Å². The van der Waals surface area contributed by atoms with Gasteiger partial charge in [-0.05, 0) is 6.42 Å². The van der Waals surface area contributed by atoms with Crippen molar-refractivity contribution in [1.82, 2.24) is 0 Å². The van der Waals surface area contributed by atoms with Crippen LogP contribution in [-0.4, -0.2) is 18.5 Å². The van der Waals surface area contributed by atoms with Crippen molar-refractivity contribution in [2.75, 3.05) is 6.61 Å². The van der Waals surface area contributed by atoms with Crippen molar-refractivity contribution in [3.63, 3.8) is 0 Å². The fraction of sp³-hybridized carbons (Fsp3) is 0.875. The lowest BCUT2D eigenvalue weighted by molar-refractivity contribution is -0.128. The minimum absolute atomic E-state index is 0.228. The van der Waals surface area contributed by atoms with E-state index in [-0.39, 0.29) is 6.10 Å². The number of Topliss-reactive ketones (excluding diaryl/α,β-unsaturated/α-hetero) is 1. The highest BCUT2D eigenvalue weighted by atomic mass is 16.5. The number of hydrogen-bond acceptors (Lipinski definition) is 2. The molecule has 1 unspecified atom stereocenters. The van der Waals surface area contributed by atoms with Crippen LogP contribution in [-0.2, 0) is 9.53 Å². The van der Waals surface area contributed by atoms with Gasteiger partial charge in [-0.1, -0.05) is 13.3 Å². The molecule has 0 spiro atoms. The molecule has 10 heavy (non-hydrogen) atoms. The van der Waals surface area contributed by atoms with Crippen LogP contribution >= 0.6 is 0 Å². The highest BCUT2D eigenvalue weighted by Crippen LogP contribution is 2.13. The van der Waals surface area contributed by atoms with E-state index in [9.17, 15) is 4.79 Å². The predicted molar refractivity (Wildman–Crippen MR) is 38.9 cm³/mol. The smallest absolute Gasteiger partial charge is 0.137 e. The van der Waals surface area contributed by atoms with Crippen molar-refractivity contribution in [3.05, 3.63) is 0 Å².